The summed E-state index contributed by atoms with van der Waals surface area (Å²) in [6, 6.07) is 6.02. The van der Waals surface area contributed by atoms with E-state index < -0.39 is 11.5 Å². The number of nitrogens with one attached hydrogen (secondary N) is 1. The fourth-order valence-corrected chi connectivity index (χ4v) is 1.72. The van der Waals surface area contributed by atoms with E-state index in [1.807, 2.05) is 20.8 Å². The maximum atomic E-state index is 13.3. The molecule has 0 saturated carbocycles. The largest absolute Gasteiger partial charge is 0.391 e. The summed E-state index contributed by atoms with van der Waals surface area (Å²) in [4.78, 5) is 12.3. The average Bonchev–Trinajstić information content (AvgIpc) is 2.34. The first kappa shape index (κ1) is 16.6. The Kier molecular flexibility index (Phi) is 4.92. The fraction of sp³-hybridized carbons (Fsp3) is 0.562. The minimum Gasteiger partial charge on any atom is -0.391 e. The quantitative estimate of drug-likeness (QED) is 0.891. The molecule has 1 aromatic carbocycles. The molecule has 0 bridgehead atoms. The van der Waals surface area contributed by atoms with Crippen LogP contribution in [0.15, 0.2) is 24.3 Å². The van der Waals surface area contributed by atoms with E-state index >= 15 is 0 Å². The van der Waals surface area contributed by atoms with Crippen molar-refractivity contribution >= 4 is 5.91 Å². The highest BCUT2D eigenvalue weighted by Crippen LogP contribution is 2.24. The fourth-order valence-electron chi connectivity index (χ4n) is 1.72. The Morgan fingerprint density at radius 1 is 1.30 bits per heavy atom. The molecule has 1 unspecified atom stereocenters. The number of hydrogen-bond acceptors (Lipinski definition) is 2. The predicted molar refractivity (Wildman–Crippen MR) is 77.9 cm³/mol. The van der Waals surface area contributed by atoms with E-state index in [1.54, 1.807) is 26.0 Å². The van der Waals surface area contributed by atoms with Gasteiger partial charge < -0.3 is 10.4 Å². The van der Waals surface area contributed by atoms with E-state index in [4.69, 9.17) is 0 Å². The van der Waals surface area contributed by atoms with E-state index in [1.165, 1.54) is 12.1 Å². The third kappa shape index (κ3) is 4.04. The van der Waals surface area contributed by atoms with Crippen LogP contribution in [0.4, 0.5) is 4.39 Å². The van der Waals surface area contributed by atoms with Gasteiger partial charge in [0.25, 0.3) is 0 Å². The van der Waals surface area contributed by atoms with Crippen molar-refractivity contribution < 1.29 is 14.3 Å². The lowest BCUT2D eigenvalue weighted by molar-refractivity contribution is -0.126. The Bertz CT molecular complexity index is 478. The van der Waals surface area contributed by atoms with Crippen molar-refractivity contribution in [1.82, 2.24) is 5.32 Å². The van der Waals surface area contributed by atoms with Gasteiger partial charge in [-0.05, 0) is 37.0 Å². The van der Waals surface area contributed by atoms with Crippen LogP contribution in [0.5, 0.6) is 0 Å². The summed E-state index contributed by atoms with van der Waals surface area (Å²) in [7, 11) is 0. The zero-order chi connectivity index (χ0) is 15.6. The molecule has 3 nitrogen and oxygen atoms in total. The van der Waals surface area contributed by atoms with Gasteiger partial charge >= 0.3 is 0 Å². The van der Waals surface area contributed by atoms with Crippen LogP contribution < -0.4 is 5.32 Å². The summed E-state index contributed by atoms with van der Waals surface area (Å²) in [5, 5.41) is 12.7. The molecule has 2 N–H and O–H groups in total. The highest BCUT2D eigenvalue weighted by atomic mass is 19.1. The number of benzene rings is 1. The molecule has 0 aliphatic rings. The van der Waals surface area contributed by atoms with Gasteiger partial charge in [0.1, 0.15) is 5.82 Å². The van der Waals surface area contributed by atoms with E-state index in [9.17, 15) is 14.3 Å². The number of aliphatic hydroxyl groups is 1. The van der Waals surface area contributed by atoms with E-state index in [-0.39, 0.29) is 23.7 Å². The smallest absolute Gasteiger partial charge is 0.230 e. The molecule has 1 atom stereocenters. The minimum atomic E-state index is -0.848. The van der Waals surface area contributed by atoms with Gasteiger partial charge in [0.05, 0.1) is 11.5 Å². The van der Waals surface area contributed by atoms with Gasteiger partial charge in [0, 0.05) is 6.54 Å². The minimum absolute atomic E-state index is 0.182. The van der Waals surface area contributed by atoms with Crippen LogP contribution in [0.3, 0.4) is 0 Å². The lowest BCUT2D eigenvalue weighted by Crippen LogP contribution is -2.45. The maximum Gasteiger partial charge on any atom is 0.230 e. The highest BCUT2D eigenvalue weighted by molar-refractivity contribution is 5.87. The molecule has 0 aliphatic heterocycles. The van der Waals surface area contributed by atoms with Crippen LogP contribution in [-0.2, 0) is 10.2 Å². The number of rotatable bonds is 4. The zero-order valence-corrected chi connectivity index (χ0v) is 12.8. The van der Waals surface area contributed by atoms with Crippen LogP contribution in [0.2, 0.25) is 0 Å². The van der Waals surface area contributed by atoms with Crippen molar-refractivity contribution in [3.63, 3.8) is 0 Å². The van der Waals surface area contributed by atoms with Gasteiger partial charge in [0.15, 0.2) is 0 Å². The van der Waals surface area contributed by atoms with Crippen LogP contribution in [0, 0.1) is 11.2 Å². The number of carbonyl (C=O) groups is 1. The third-order valence-corrected chi connectivity index (χ3v) is 3.57. The molecule has 4 heteroatoms. The molecule has 0 fully saturated rings. The molecule has 0 radical (unpaired) electrons. The molecule has 1 aromatic rings. The molecule has 0 heterocycles. The van der Waals surface area contributed by atoms with Crippen LogP contribution in [-0.4, -0.2) is 23.7 Å². The molecule has 0 saturated heterocycles. The van der Waals surface area contributed by atoms with Crippen molar-refractivity contribution in [2.75, 3.05) is 6.54 Å². The predicted octanol–water partition coefficient (Wildman–Crippen LogP) is 2.63. The molecule has 0 aromatic heterocycles. The van der Waals surface area contributed by atoms with E-state index in [0.29, 0.717) is 5.56 Å². The standard InChI is InChI=1S/C16H24FNO2/c1-15(2,3)13(19)10-18-14(20)16(4,5)11-7-6-8-12(17)9-11/h6-9,13,19H,10H2,1-5H3,(H,18,20). The van der Waals surface area contributed by atoms with Crippen molar-refractivity contribution in [2.45, 2.75) is 46.1 Å². The van der Waals surface area contributed by atoms with Gasteiger partial charge in [-0.15, -0.1) is 0 Å². The Hall–Kier alpha value is -1.42. The summed E-state index contributed by atoms with van der Waals surface area (Å²) in [6.45, 7) is 9.37. The Morgan fingerprint density at radius 3 is 2.40 bits per heavy atom. The van der Waals surface area contributed by atoms with Gasteiger partial charge in [-0.25, -0.2) is 4.39 Å². The topological polar surface area (TPSA) is 49.3 Å². The number of halogens is 1. The Balaban J connectivity index is 2.76. The molecular weight excluding hydrogens is 257 g/mol. The van der Waals surface area contributed by atoms with E-state index in [0.717, 1.165) is 0 Å². The van der Waals surface area contributed by atoms with Gasteiger partial charge in [-0.3, -0.25) is 4.79 Å². The number of carbonyl (C=O) groups excluding carboxylic acids is 1. The molecule has 1 amide bonds. The van der Waals surface area contributed by atoms with Crippen molar-refractivity contribution in [2.24, 2.45) is 5.41 Å². The van der Waals surface area contributed by atoms with Gasteiger partial charge in [0.2, 0.25) is 5.91 Å². The summed E-state index contributed by atoms with van der Waals surface area (Å²) < 4.78 is 13.3. The molecular formula is C16H24FNO2. The number of aliphatic hydroxyl groups excluding tert-OH is 1. The van der Waals surface area contributed by atoms with Crippen molar-refractivity contribution in [1.29, 1.82) is 0 Å². The lowest BCUT2D eigenvalue weighted by atomic mass is 9.83. The summed E-state index contributed by atoms with van der Waals surface area (Å²) >= 11 is 0. The first-order valence-corrected chi connectivity index (χ1v) is 6.77. The van der Waals surface area contributed by atoms with Crippen LogP contribution >= 0.6 is 0 Å². The second-order valence-corrected chi connectivity index (χ2v) is 6.73. The third-order valence-electron chi connectivity index (χ3n) is 3.57. The SMILES string of the molecule is CC(C)(C(=O)NCC(O)C(C)(C)C)c1cccc(F)c1. The number of hydrogen-bond donors (Lipinski definition) is 2. The van der Waals surface area contributed by atoms with Crippen LogP contribution in [0.25, 0.3) is 0 Å². The summed E-state index contributed by atoms with van der Waals surface area (Å²) in [5.41, 5.74) is -0.532. The first-order valence-electron chi connectivity index (χ1n) is 6.77. The summed E-state index contributed by atoms with van der Waals surface area (Å²) in [6.07, 6.45) is -0.630. The molecule has 1 rings (SSSR count). The van der Waals surface area contributed by atoms with Gasteiger partial charge in [-0.2, -0.15) is 0 Å². The van der Waals surface area contributed by atoms with Crippen LogP contribution in [0.1, 0.15) is 40.2 Å². The average molecular weight is 281 g/mol. The monoisotopic (exact) mass is 281 g/mol. The summed E-state index contributed by atoms with van der Waals surface area (Å²) in [5.74, 6) is -0.593. The zero-order valence-electron chi connectivity index (χ0n) is 12.8. The normalized spacial score (nSPS) is 13.9. The Morgan fingerprint density at radius 2 is 1.90 bits per heavy atom. The van der Waals surface area contributed by atoms with Crippen molar-refractivity contribution in [3.8, 4) is 0 Å². The lowest BCUT2D eigenvalue weighted by Gasteiger charge is -2.29. The van der Waals surface area contributed by atoms with Gasteiger partial charge in [-0.1, -0.05) is 32.9 Å². The van der Waals surface area contributed by atoms with E-state index in [2.05, 4.69) is 5.32 Å². The molecule has 112 valence electrons. The second-order valence-electron chi connectivity index (χ2n) is 6.73. The molecule has 20 heavy (non-hydrogen) atoms. The maximum absolute atomic E-state index is 13.3. The van der Waals surface area contributed by atoms with Crippen molar-refractivity contribution in [3.05, 3.63) is 35.6 Å². The second kappa shape index (κ2) is 5.92. The Labute approximate surface area is 120 Å². The first-order chi connectivity index (χ1) is 9.05. The highest BCUT2D eigenvalue weighted by Gasteiger charge is 2.31. The molecule has 0 spiro atoms. The number of amides is 1. The molecule has 0 aliphatic carbocycles.